The summed E-state index contributed by atoms with van der Waals surface area (Å²) in [4.78, 5) is 4.72. The Morgan fingerprint density at radius 3 is 2.94 bits per heavy atom. The van der Waals surface area contributed by atoms with Gasteiger partial charge in [0.2, 0.25) is 0 Å². The van der Waals surface area contributed by atoms with E-state index in [4.69, 9.17) is 4.99 Å². The van der Waals surface area contributed by atoms with Crippen LogP contribution in [0.15, 0.2) is 21.8 Å². The van der Waals surface area contributed by atoms with E-state index < -0.39 is 0 Å². The molecule has 1 aromatic heterocycles. The lowest BCUT2D eigenvalue weighted by molar-refractivity contribution is 0.534. The number of hydrogen-bond acceptors (Lipinski definition) is 3. The Labute approximate surface area is 106 Å². The molecule has 16 heavy (non-hydrogen) atoms. The second-order valence-electron chi connectivity index (χ2n) is 4.92. The van der Waals surface area contributed by atoms with Crippen molar-refractivity contribution in [3.8, 4) is 0 Å². The van der Waals surface area contributed by atoms with E-state index in [2.05, 4.69) is 42.9 Å². The van der Waals surface area contributed by atoms with Gasteiger partial charge in [0, 0.05) is 11.3 Å². The van der Waals surface area contributed by atoms with E-state index in [1.54, 1.807) is 11.3 Å². The maximum Gasteiger partial charge on any atom is 0.157 e. The number of aliphatic imine (C=N–C) groups is 1. The lowest BCUT2D eigenvalue weighted by Crippen LogP contribution is -2.37. The van der Waals surface area contributed by atoms with Crippen molar-refractivity contribution in [1.82, 2.24) is 5.32 Å². The zero-order valence-electron chi connectivity index (χ0n) is 9.99. The molecule has 88 valence electrons. The highest BCUT2D eigenvalue weighted by molar-refractivity contribution is 8.14. The first kappa shape index (κ1) is 12.0. The fraction of sp³-hybridized carbons (Fsp3) is 0.583. The SMILES string of the molecule is CC(Cc1ccsc1)N=C1NC(C)(C)CS1. The summed E-state index contributed by atoms with van der Waals surface area (Å²) in [6, 6.07) is 2.54. The molecule has 0 spiro atoms. The molecule has 0 bridgehead atoms. The topological polar surface area (TPSA) is 24.4 Å². The Kier molecular flexibility index (Phi) is 3.60. The molecule has 1 aliphatic heterocycles. The van der Waals surface area contributed by atoms with Crippen LogP contribution in [-0.2, 0) is 6.42 Å². The van der Waals surface area contributed by atoms with Gasteiger partial charge in [0.05, 0.1) is 6.04 Å². The Morgan fingerprint density at radius 2 is 2.38 bits per heavy atom. The molecule has 1 N–H and O–H groups in total. The molecule has 1 aliphatic rings. The molecule has 1 saturated heterocycles. The molecule has 2 heterocycles. The average Bonchev–Trinajstić information content (AvgIpc) is 2.76. The van der Waals surface area contributed by atoms with Crippen LogP contribution in [0.3, 0.4) is 0 Å². The smallest absolute Gasteiger partial charge is 0.157 e. The predicted octanol–water partition coefficient (Wildman–Crippen LogP) is 3.15. The number of thiophene rings is 1. The van der Waals surface area contributed by atoms with Crippen LogP contribution in [-0.4, -0.2) is 22.5 Å². The van der Waals surface area contributed by atoms with Crippen molar-refractivity contribution < 1.29 is 0 Å². The lowest BCUT2D eigenvalue weighted by atomic mass is 10.1. The van der Waals surface area contributed by atoms with Crippen LogP contribution in [0, 0.1) is 0 Å². The standard InChI is InChI=1S/C12H18N2S2/c1-9(6-10-4-5-15-7-10)13-11-14-12(2,3)8-16-11/h4-5,7,9H,6,8H2,1-3H3,(H,13,14). The molecule has 1 atom stereocenters. The second kappa shape index (κ2) is 4.80. The zero-order chi connectivity index (χ0) is 11.6. The van der Waals surface area contributed by atoms with Gasteiger partial charge in [-0.3, -0.25) is 4.99 Å². The maximum atomic E-state index is 4.72. The maximum absolute atomic E-state index is 4.72. The summed E-state index contributed by atoms with van der Waals surface area (Å²) in [5.41, 5.74) is 1.59. The van der Waals surface area contributed by atoms with Gasteiger partial charge < -0.3 is 5.32 Å². The number of amidine groups is 1. The molecule has 0 saturated carbocycles. The first-order valence-electron chi connectivity index (χ1n) is 5.55. The van der Waals surface area contributed by atoms with Crippen molar-refractivity contribution in [1.29, 1.82) is 0 Å². The van der Waals surface area contributed by atoms with E-state index in [1.165, 1.54) is 5.56 Å². The normalized spacial score (nSPS) is 23.3. The lowest BCUT2D eigenvalue weighted by Gasteiger charge is -2.16. The highest BCUT2D eigenvalue weighted by Gasteiger charge is 2.27. The molecule has 2 rings (SSSR count). The minimum Gasteiger partial charge on any atom is -0.359 e. The van der Waals surface area contributed by atoms with Crippen LogP contribution in [0.2, 0.25) is 0 Å². The fourth-order valence-electron chi connectivity index (χ4n) is 1.68. The Morgan fingerprint density at radius 1 is 1.56 bits per heavy atom. The first-order chi connectivity index (χ1) is 7.55. The van der Waals surface area contributed by atoms with Crippen molar-refractivity contribution in [2.24, 2.45) is 4.99 Å². The Bertz CT molecular complexity index is 368. The van der Waals surface area contributed by atoms with E-state index in [0.29, 0.717) is 6.04 Å². The monoisotopic (exact) mass is 254 g/mol. The minimum absolute atomic E-state index is 0.200. The Balaban J connectivity index is 1.92. The number of nitrogens with zero attached hydrogens (tertiary/aromatic N) is 1. The van der Waals surface area contributed by atoms with Gasteiger partial charge in [0.1, 0.15) is 0 Å². The molecule has 1 fully saturated rings. The fourth-order valence-corrected chi connectivity index (χ4v) is 3.53. The first-order valence-corrected chi connectivity index (χ1v) is 7.48. The van der Waals surface area contributed by atoms with Crippen LogP contribution >= 0.6 is 23.1 Å². The third-order valence-electron chi connectivity index (χ3n) is 2.46. The van der Waals surface area contributed by atoms with E-state index in [0.717, 1.165) is 17.3 Å². The van der Waals surface area contributed by atoms with Crippen molar-refractivity contribution >= 4 is 28.3 Å². The van der Waals surface area contributed by atoms with Crippen LogP contribution < -0.4 is 5.32 Å². The summed E-state index contributed by atoms with van der Waals surface area (Å²) < 4.78 is 0. The van der Waals surface area contributed by atoms with Crippen LogP contribution in [0.25, 0.3) is 0 Å². The third kappa shape index (κ3) is 3.25. The second-order valence-corrected chi connectivity index (χ2v) is 6.66. The Hall–Kier alpha value is -0.480. The van der Waals surface area contributed by atoms with Crippen LogP contribution in [0.5, 0.6) is 0 Å². The van der Waals surface area contributed by atoms with Gasteiger partial charge >= 0.3 is 0 Å². The molecular weight excluding hydrogens is 236 g/mol. The van der Waals surface area contributed by atoms with E-state index in [9.17, 15) is 0 Å². The molecule has 2 nitrogen and oxygen atoms in total. The molecule has 0 radical (unpaired) electrons. The number of hydrogen-bond donors (Lipinski definition) is 1. The highest BCUT2D eigenvalue weighted by Crippen LogP contribution is 2.23. The number of thioether (sulfide) groups is 1. The van der Waals surface area contributed by atoms with Crippen LogP contribution in [0.1, 0.15) is 26.3 Å². The predicted molar refractivity (Wildman–Crippen MR) is 74.6 cm³/mol. The summed E-state index contributed by atoms with van der Waals surface area (Å²) in [5.74, 6) is 1.11. The largest absolute Gasteiger partial charge is 0.359 e. The van der Waals surface area contributed by atoms with Crippen LogP contribution in [0.4, 0.5) is 0 Å². The molecule has 1 unspecified atom stereocenters. The minimum atomic E-state index is 0.200. The van der Waals surface area contributed by atoms with Gasteiger partial charge in [-0.25, -0.2) is 0 Å². The highest BCUT2D eigenvalue weighted by atomic mass is 32.2. The molecule has 1 aromatic rings. The summed E-state index contributed by atoms with van der Waals surface area (Å²) in [6.45, 7) is 6.61. The van der Waals surface area contributed by atoms with Crippen molar-refractivity contribution in [3.63, 3.8) is 0 Å². The number of rotatable bonds is 3. The summed E-state index contributed by atoms with van der Waals surface area (Å²) in [6.07, 6.45) is 1.04. The summed E-state index contributed by atoms with van der Waals surface area (Å²) in [5, 5.41) is 8.89. The van der Waals surface area contributed by atoms with E-state index >= 15 is 0 Å². The summed E-state index contributed by atoms with van der Waals surface area (Å²) in [7, 11) is 0. The average molecular weight is 254 g/mol. The van der Waals surface area contributed by atoms with Gasteiger partial charge in [-0.05, 0) is 49.6 Å². The summed E-state index contributed by atoms with van der Waals surface area (Å²) >= 11 is 3.59. The molecule has 0 amide bonds. The quantitative estimate of drug-likeness (QED) is 0.896. The molecule has 0 aromatic carbocycles. The van der Waals surface area contributed by atoms with Gasteiger partial charge in [-0.1, -0.05) is 11.8 Å². The third-order valence-corrected chi connectivity index (χ3v) is 4.54. The zero-order valence-corrected chi connectivity index (χ0v) is 11.6. The van der Waals surface area contributed by atoms with Gasteiger partial charge in [0.15, 0.2) is 5.17 Å². The van der Waals surface area contributed by atoms with E-state index in [-0.39, 0.29) is 5.54 Å². The number of nitrogens with one attached hydrogen (secondary N) is 1. The van der Waals surface area contributed by atoms with Crippen molar-refractivity contribution in [2.75, 3.05) is 5.75 Å². The molecular formula is C12H18N2S2. The van der Waals surface area contributed by atoms with Gasteiger partial charge in [0.25, 0.3) is 0 Å². The van der Waals surface area contributed by atoms with E-state index in [1.807, 2.05) is 11.8 Å². The molecule has 0 aliphatic carbocycles. The van der Waals surface area contributed by atoms with Gasteiger partial charge in [-0.15, -0.1) is 0 Å². The molecule has 4 heteroatoms. The van der Waals surface area contributed by atoms with Crippen molar-refractivity contribution in [3.05, 3.63) is 22.4 Å². The van der Waals surface area contributed by atoms with Crippen molar-refractivity contribution in [2.45, 2.75) is 38.8 Å². The van der Waals surface area contributed by atoms with Gasteiger partial charge in [-0.2, -0.15) is 11.3 Å².